The lowest BCUT2D eigenvalue weighted by atomic mass is 10.2. The monoisotopic (exact) mass is 363 g/mol. The van der Waals surface area contributed by atoms with Crippen LogP contribution >= 0.6 is 27.5 Å². The normalized spacial score (nSPS) is 11.0. The first-order valence-corrected chi connectivity index (χ1v) is 8.00. The third-order valence-electron chi connectivity index (χ3n) is 3.41. The van der Waals surface area contributed by atoms with E-state index < -0.39 is 0 Å². The first-order valence-electron chi connectivity index (χ1n) is 6.83. The van der Waals surface area contributed by atoms with Gasteiger partial charge in [0.25, 0.3) is 0 Å². The molecule has 2 nitrogen and oxygen atoms in total. The van der Waals surface area contributed by atoms with Crippen molar-refractivity contribution in [2.24, 2.45) is 0 Å². The topological polar surface area (TPSA) is 14.2 Å². The first kappa shape index (κ1) is 14.5. The zero-order valence-electron chi connectivity index (χ0n) is 11.6. The van der Waals surface area contributed by atoms with E-state index >= 15 is 0 Å². The van der Waals surface area contributed by atoms with Crippen molar-refractivity contribution in [2.45, 2.75) is 13.5 Å². The number of hydrogen-bond donors (Lipinski definition) is 0. The number of benzene rings is 2. The number of rotatable bonds is 4. The van der Waals surface area contributed by atoms with Gasteiger partial charge >= 0.3 is 0 Å². The molecule has 0 bridgehead atoms. The van der Waals surface area contributed by atoms with E-state index in [1.807, 2.05) is 31.2 Å². The molecular formula is C17H15BrClNO. The van der Waals surface area contributed by atoms with Crippen molar-refractivity contribution < 1.29 is 4.74 Å². The van der Waals surface area contributed by atoms with E-state index in [2.05, 4.69) is 44.9 Å². The fourth-order valence-corrected chi connectivity index (χ4v) is 3.14. The summed E-state index contributed by atoms with van der Waals surface area (Å²) in [7, 11) is 0. The molecule has 3 aromatic rings. The van der Waals surface area contributed by atoms with Gasteiger partial charge in [-0.2, -0.15) is 0 Å². The zero-order chi connectivity index (χ0) is 14.8. The summed E-state index contributed by atoms with van der Waals surface area (Å²) in [6.07, 6.45) is 2.08. The van der Waals surface area contributed by atoms with Gasteiger partial charge in [0, 0.05) is 33.1 Å². The van der Waals surface area contributed by atoms with Crippen LogP contribution in [0, 0.1) is 0 Å². The van der Waals surface area contributed by atoms with E-state index in [0.29, 0.717) is 6.61 Å². The summed E-state index contributed by atoms with van der Waals surface area (Å²) in [5.41, 5.74) is 2.28. The van der Waals surface area contributed by atoms with Crippen molar-refractivity contribution in [3.05, 3.63) is 63.7 Å². The van der Waals surface area contributed by atoms with Crippen LogP contribution in [0.25, 0.3) is 10.9 Å². The second-order valence-corrected chi connectivity index (χ2v) is 6.16. The lowest BCUT2D eigenvalue weighted by molar-refractivity contribution is 0.340. The Morgan fingerprint density at radius 1 is 1.14 bits per heavy atom. The maximum Gasteiger partial charge on any atom is 0.120 e. The third kappa shape index (κ3) is 3.09. The smallest absolute Gasteiger partial charge is 0.120 e. The summed E-state index contributed by atoms with van der Waals surface area (Å²) in [6, 6.07) is 14.3. The molecule has 0 aliphatic heterocycles. The first-order chi connectivity index (χ1) is 10.2. The van der Waals surface area contributed by atoms with Gasteiger partial charge in [0.05, 0.1) is 6.61 Å². The largest absolute Gasteiger partial charge is 0.494 e. The van der Waals surface area contributed by atoms with Crippen molar-refractivity contribution >= 4 is 38.4 Å². The predicted molar refractivity (Wildman–Crippen MR) is 91.4 cm³/mol. The van der Waals surface area contributed by atoms with Crippen LogP contribution in [0.5, 0.6) is 5.75 Å². The molecule has 0 aliphatic carbocycles. The minimum Gasteiger partial charge on any atom is -0.494 e. The molecule has 0 fully saturated rings. The Labute approximate surface area is 137 Å². The van der Waals surface area contributed by atoms with Crippen LogP contribution < -0.4 is 4.74 Å². The number of fused-ring (bicyclic) bond motifs is 1. The number of aromatic nitrogens is 1. The van der Waals surface area contributed by atoms with E-state index in [0.717, 1.165) is 27.4 Å². The molecule has 0 amide bonds. The van der Waals surface area contributed by atoms with Crippen molar-refractivity contribution in [3.63, 3.8) is 0 Å². The fraction of sp³-hybridized carbons (Fsp3) is 0.176. The number of ether oxygens (including phenoxy) is 1. The average Bonchev–Trinajstić information content (AvgIpc) is 2.85. The molecule has 1 aromatic heterocycles. The van der Waals surface area contributed by atoms with Gasteiger partial charge in [-0.25, -0.2) is 0 Å². The van der Waals surface area contributed by atoms with Crippen LogP contribution in [0.2, 0.25) is 5.02 Å². The van der Waals surface area contributed by atoms with Crippen molar-refractivity contribution in [3.8, 4) is 5.75 Å². The Balaban J connectivity index is 1.94. The molecule has 0 saturated carbocycles. The number of hydrogen-bond acceptors (Lipinski definition) is 1. The van der Waals surface area contributed by atoms with Crippen LogP contribution in [0.1, 0.15) is 12.5 Å². The zero-order valence-corrected chi connectivity index (χ0v) is 14.0. The highest BCUT2D eigenvalue weighted by molar-refractivity contribution is 9.10. The van der Waals surface area contributed by atoms with Gasteiger partial charge in [-0.3, -0.25) is 0 Å². The molecular weight excluding hydrogens is 350 g/mol. The summed E-state index contributed by atoms with van der Waals surface area (Å²) in [5.74, 6) is 0.907. The highest BCUT2D eigenvalue weighted by Gasteiger charge is 2.06. The average molecular weight is 365 g/mol. The Bertz CT molecular complexity index is 782. The van der Waals surface area contributed by atoms with E-state index in [-0.39, 0.29) is 0 Å². The molecule has 0 unspecified atom stereocenters. The Hall–Kier alpha value is -1.45. The summed E-state index contributed by atoms with van der Waals surface area (Å²) < 4.78 is 8.73. The fourth-order valence-electron chi connectivity index (χ4n) is 2.41. The molecule has 21 heavy (non-hydrogen) atoms. The lowest BCUT2D eigenvalue weighted by Gasteiger charge is -2.09. The summed E-state index contributed by atoms with van der Waals surface area (Å²) in [6.45, 7) is 3.43. The van der Waals surface area contributed by atoms with Crippen molar-refractivity contribution in [2.75, 3.05) is 6.61 Å². The van der Waals surface area contributed by atoms with Crippen LogP contribution in [-0.4, -0.2) is 11.2 Å². The van der Waals surface area contributed by atoms with Gasteiger partial charge < -0.3 is 9.30 Å². The van der Waals surface area contributed by atoms with Gasteiger partial charge in [0.15, 0.2) is 0 Å². The minimum absolute atomic E-state index is 0.681. The maximum atomic E-state index is 6.30. The molecule has 0 radical (unpaired) electrons. The van der Waals surface area contributed by atoms with E-state index in [4.69, 9.17) is 16.3 Å². The second kappa shape index (κ2) is 6.12. The Morgan fingerprint density at radius 3 is 2.76 bits per heavy atom. The van der Waals surface area contributed by atoms with E-state index in [9.17, 15) is 0 Å². The SMILES string of the molecule is CCOc1ccc2c(ccn2Cc2ccc(Br)cc2Cl)c1. The lowest BCUT2D eigenvalue weighted by Crippen LogP contribution is -1.98. The van der Waals surface area contributed by atoms with E-state index in [1.165, 1.54) is 10.9 Å². The number of nitrogens with zero attached hydrogens (tertiary/aromatic N) is 1. The van der Waals surface area contributed by atoms with E-state index in [1.54, 1.807) is 0 Å². The Kier molecular flexibility index (Phi) is 4.22. The second-order valence-electron chi connectivity index (χ2n) is 4.83. The summed E-state index contributed by atoms with van der Waals surface area (Å²) >= 11 is 9.73. The van der Waals surface area contributed by atoms with Crippen molar-refractivity contribution in [1.82, 2.24) is 4.57 Å². The van der Waals surface area contributed by atoms with Crippen LogP contribution in [0.3, 0.4) is 0 Å². The quantitative estimate of drug-likeness (QED) is 0.596. The summed E-state index contributed by atoms with van der Waals surface area (Å²) in [5, 5.41) is 1.95. The molecule has 4 heteroatoms. The summed E-state index contributed by atoms with van der Waals surface area (Å²) in [4.78, 5) is 0. The maximum absolute atomic E-state index is 6.30. The molecule has 0 spiro atoms. The van der Waals surface area contributed by atoms with Gasteiger partial charge in [0.2, 0.25) is 0 Å². The molecule has 3 rings (SSSR count). The van der Waals surface area contributed by atoms with Crippen LogP contribution in [0.4, 0.5) is 0 Å². The minimum atomic E-state index is 0.681. The number of halogens is 2. The van der Waals surface area contributed by atoms with Crippen molar-refractivity contribution in [1.29, 1.82) is 0 Å². The Morgan fingerprint density at radius 2 is 2.00 bits per heavy atom. The highest BCUT2D eigenvalue weighted by Crippen LogP contribution is 2.26. The highest BCUT2D eigenvalue weighted by atomic mass is 79.9. The van der Waals surface area contributed by atoms with Gasteiger partial charge in [-0.1, -0.05) is 33.6 Å². The molecule has 1 heterocycles. The molecule has 108 valence electrons. The standard InChI is InChI=1S/C17H15BrClNO/c1-2-21-15-5-6-17-12(9-15)7-8-20(17)11-13-3-4-14(18)10-16(13)19/h3-10H,2,11H2,1H3. The molecule has 0 atom stereocenters. The van der Waals surface area contributed by atoms with Gasteiger partial charge in [-0.05, 0) is 48.9 Å². The molecule has 2 aromatic carbocycles. The molecule has 0 N–H and O–H groups in total. The van der Waals surface area contributed by atoms with Crippen LogP contribution in [0.15, 0.2) is 53.1 Å². The van der Waals surface area contributed by atoms with Gasteiger partial charge in [0.1, 0.15) is 5.75 Å². The predicted octanol–water partition coefficient (Wildman–Crippen LogP) is 5.50. The third-order valence-corrected chi connectivity index (χ3v) is 4.25. The molecule has 0 aliphatic rings. The van der Waals surface area contributed by atoms with Crippen LogP contribution in [-0.2, 0) is 6.54 Å². The van der Waals surface area contributed by atoms with Gasteiger partial charge in [-0.15, -0.1) is 0 Å². The molecule has 0 saturated heterocycles.